The third kappa shape index (κ3) is 4.64. The van der Waals surface area contributed by atoms with Gasteiger partial charge in [-0.2, -0.15) is 5.10 Å². The average molecular weight is 561 g/mol. The number of carbonyl (C=O) groups excluding carboxylic acids is 1. The van der Waals surface area contributed by atoms with Crippen LogP contribution in [0.25, 0.3) is 0 Å². The molecule has 0 fully saturated rings. The summed E-state index contributed by atoms with van der Waals surface area (Å²) in [6.45, 7) is 0.869. The third-order valence-corrected chi connectivity index (χ3v) is 8.03. The first-order valence-corrected chi connectivity index (χ1v) is 13.5. The Balaban J connectivity index is 1.46. The Bertz CT molecular complexity index is 1640. The number of hydrogen-bond donors (Lipinski definition) is 1. The minimum atomic E-state index is -0.494. The third-order valence-electron chi connectivity index (χ3n) is 7.53. The molecule has 0 bridgehead atoms. The Morgan fingerprint density at radius 3 is 2.38 bits per heavy atom. The summed E-state index contributed by atoms with van der Waals surface area (Å²) in [5.41, 5.74) is 10.0. The van der Waals surface area contributed by atoms with Gasteiger partial charge < -0.3 is 5.73 Å². The predicted octanol–water partition coefficient (Wildman–Crippen LogP) is 4.38. The maximum absolute atomic E-state index is 13.5. The molecule has 1 aromatic heterocycles. The fourth-order valence-electron chi connectivity index (χ4n) is 5.64. The predicted molar refractivity (Wildman–Crippen MR) is 153 cm³/mol. The molecule has 4 aromatic rings. The Morgan fingerprint density at radius 2 is 1.67 bits per heavy atom. The van der Waals surface area contributed by atoms with Gasteiger partial charge in [0.1, 0.15) is 0 Å². The van der Waals surface area contributed by atoms with Crippen molar-refractivity contribution in [2.45, 2.75) is 37.8 Å². The van der Waals surface area contributed by atoms with Crippen molar-refractivity contribution in [1.82, 2.24) is 14.3 Å². The number of halogens is 2. The highest BCUT2D eigenvalue weighted by Gasteiger charge is 2.49. The molecule has 2 aliphatic rings. The lowest BCUT2D eigenvalue weighted by Crippen LogP contribution is -2.37. The van der Waals surface area contributed by atoms with Crippen molar-refractivity contribution in [3.63, 3.8) is 0 Å². The molecule has 0 saturated heterocycles. The zero-order chi connectivity index (χ0) is 27.1. The highest BCUT2D eigenvalue weighted by Crippen LogP contribution is 2.46. The summed E-state index contributed by atoms with van der Waals surface area (Å²) in [5, 5.41) is 12.9. The molecule has 2 heterocycles. The van der Waals surface area contributed by atoms with Gasteiger partial charge in [0, 0.05) is 23.0 Å². The van der Waals surface area contributed by atoms with Gasteiger partial charge in [-0.25, -0.2) is 14.5 Å². The zero-order valence-corrected chi connectivity index (χ0v) is 22.6. The van der Waals surface area contributed by atoms with Crippen LogP contribution in [0.5, 0.6) is 0 Å². The van der Waals surface area contributed by atoms with E-state index in [0.717, 1.165) is 29.7 Å². The van der Waals surface area contributed by atoms with Crippen LogP contribution in [-0.4, -0.2) is 32.5 Å². The van der Waals surface area contributed by atoms with E-state index in [9.17, 15) is 9.59 Å². The SMILES string of the molecule is NC(=O)CCn1c(N2C[C@@]3(CCc4ccccc43)C(c3ccc(Cl)cc3)=N2)nn(Cc2ccc(Cl)cc2)c1=O. The second-order valence-corrected chi connectivity index (χ2v) is 10.9. The lowest BCUT2D eigenvalue weighted by atomic mass is 9.75. The minimum absolute atomic E-state index is 0.00904. The molecule has 0 radical (unpaired) electrons. The van der Waals surface area contributed by atoms with Gasteiger partial charge in [-0.15, -0.1) is 5.10 Å². The monoisotopic (exact) mass is 560 g/mol. The van der Waals surface area contributed by atoms with E-state index in [4.69, 9.17) is 39.1 Å². The van der Waals surface area contributed by atoms with Crippen molar-refractivity contribution in [2.75, 3.05) is 11.6 Å². The summed E-state index contributed by atoms with van der Waals surface area (Å²) in [6.07, 6.45) is 1.81. The average Bonchev–Trinajstić information content (AvgIpc) is 3.59. The van der Waals surface area contributed by atoms with Crippen molar-refractivity contribution in [3.8, 4) is 0 Å². The second kappa shape index (κ2) is 10.0. The maximum Gasteiger partial charge on any atom is 0.347 e. The molecule has 1 atom stereocenters. The van der Waals surface area contributed by atoms with Crippen LogP contribution >= 0.6 is 23.2 Å². The first-order chi connectivity index (χ1) is 18.8. The number of amides is 1. The van der Waals surface area contributed by atoms with Crippen LogP contribution in [0, 0.1) is 0 Å². The number of fused-ring (bicyclic) bond motifs is 2. The number of nitrogens with zero attached hydrogens (tertiary/aromatic N) is 5. The summed E-state index contributed by atoms with van der Waals surface area (Å²) >= 11 is 12.2. The van der Waals surface area contributed by atoms with Gasteiger partial charge in [0.2, 0.25) is 11.9 Å². The molecule has 3 aromatic carbocycles. The Morgan fingerprint density at radius 1 is 0.974 bits per heavy atom. The number of rotatable bonds is 7. The Labute approximate surface area is 235 Å². The van der Waals surface area contributed by atoms with Gasteiger partial charge in [-0.1, -0.05) is 71.7 Å². The van der Waals surface area contributed by atoms with Gasteiger partial charge >= 0.3 is 5.69 Å². The van der Waals surface area contributed by atoms with Crippen LogP contribution in [0.1, 0.15) is 35.1 Å². The summed E-state index contributed by atoms with van der Waals surface area (Å²) in [7, 11) is 0. The molecule has 2 N–H and O–H groups in total. The smallest absolute Gasteiger partial charge is 0.347 e. The van der Waals surface area contributed by atoms with Crippen LogP contribution in [0.4, 0.5) is 5.95 Å². The van der Waals surface area contributed by atoms with Gasteiger partial charge in [0.15, 0.2) is 0 Å². The van der Waals surface area contributed by atoms with Crippen LogP contribution in [0.15, 0.2) is 82.7 Å². The summed E-state index contributed by atoms with van der Waals surface area (Å²) in [5.74, 6) is -0.116. The highest BCUT2D eigenvalue weighted by atomic mass is 35.5. The molecular formula is C29H26Cl2N6O2. The second-order valence-electron chi connectivity index (χ2n) is 9.99. The maximum atomic E-state index is 13.5. The van der Waals surface area contributed by atoms with Gasteiger partial charge in [-0.3, -0.25) is 9.36 Å². The fraction of sp³-hybridized carbons (Fsp3) is 0.241. The van der Waals surface area contributed by atoms with E-state index in [1.54, 1.807) is 17.1 Å². The fourth-order valence-corrected chi connectivity index (χ4v) is 5.89. The van der Waals surface area contributed by atoms with Crippen molar-refractivity contribution >= 4 is 40.8 Å². The van der Waals surface area contributed by atoms with Crippen LogP contribution in [-0.2, 0) is 29.7 Å². The van der Waals surface area contributed by atoms with Crippen molar-refractivity contribution in [2.24, 2.45) is 10.8 Å². The summed E-state index contributed by atoms with van der Waals surface area (Å²) in [4.78, 5) is 25.2. The summed E-state index contributed by atoms with van der Waals surface area (Å²) in [6, 6.07) is 23.4. The molecule has 198 valence electrons. The Hall–Kier alpha value is -3.88. The van der Waals surface area contributed by atoms with Crippen LogP contribution < -0.4 is 16.4 Å². The highest BCUT2D eigenvalue weighted by molar-refractivity contribution is 6.31. The molecule has 0 saturated carbocycles. The van der Waals surface area contributed by atoms with Crippen LogP contribution in [0.2, 0.25) is 10.0 Å². The van der Waals surface area contributed by atoms with E-state index in [0.29, 0.717) is 22.5 Å². The number of carbonyl (C=O) groups is 1. The molecule has 6 rings (SSSR count). The summed E-state index contributed by atoms with van der Waals surface area (Å²) < 4.78 is 2.88. The minimum Gasteiger partial charge on any atom is -0.370 e. The van der Waals surface area contributed by atoms with Gasteiger partial charge in [-0.05, 0) is 59.4 Å². The van der Waals surface area contributed by atoms with E-state index in [-0.39, 0.29) is 30.6 Å². The number of aryl methyl sites for hydroxylation is 1. The number of nitrogens with two attached hydrogens (primary N) is 1. The number of hydrogen-bond acceptors (Lipinski definition) is 5. The van der Waals surface area contributed by atoms with E-state index >= 15 is 0 Å². The zero-order valence-electron chi connectivity index (χ0n) is 21.1. The van der Waals surface area contributed by atoms with Crippen molar-refractivity contribution in [1.29, 1.82) is 0 Å². The van der Waals surface area contributed by atoms with E-state index in [1.807, 2.05) is 36.4 Å². The molecule has 1 aliphatic heterocycles. The van der Waals surface area contributed by atoms with Gasteiger partial charge in [0.25, 0.3) is 0 Å². The van der Waals surface area contributed by atoms with Crippen LogP contribution in [0.3, 0.4) is 0 Å². The number of primary amides is 1. The lowest BCUT2D eigenvalue weighted by Gasteiger charge is -2.27. The normalized spacial score (nSPS) is 18.0. The van der Waals surface area contributed by atoms with Gasteiger partial charge in [0.05, 0.1) is 24.2 Å². The topological polar surface area (TPSA) is 98.5 Å². The molecule has 1 aliphatic carbocycles. The number of anilines is 1. The first-order valence-electron chi connectivity index (χ1n) is 12.8. The molecule has 1 spiro atoms. The quantitative estimate of drug-likeness (QED) is 0.362. The van der Waals surface area contributed by atoms with Crippen molar-refractivity contribution < 1.29 is 4.79 Å². The number of benzene rings is 3. The number of aromatic nitrogens is 3. The first kappa shape index (κ1) is 25.4. The molecule has 0 unspecified atom stereocenters. The molecule has 1 amide bonds. The molecule has 8 nitrogen and oxygen atoms in total. The van der Waals surface area contributed by atoms with E-state index in [1.165, 1.54) is 20.4 Å². The lowest BCUT2D eigenvalue weighted by molar-refractivity contribution is -0.118. The van der Waals surface area contributed by atoms with Crippen molar-refractivity contribution in [3.05, 3.63) is 116 Å². The Kier molecular flexibility index (Phi) is 6.53. The standard InChI is InChI=1S/C29H26Cl2N6O2/c30-22-9-5-19(6-10-22)17-36-28(39)35(16-14-25(32)38)27(34-36)37-18-29(15-13-20-3-1-2-4-24(20)29)26(33-37)21-7-11-23(31)12-8-21/h1-12H,13-18H2,(H2,32,38)/t29-/m1/s1. The van der Waals surface area contributed by atoms with E-state index in [2.05, 4.69) is 24.3 Å². The molecule has 39 heavy (non-hydrogen) atoms. The number of hydrazone groups is 1. The molecular weight excluding hydrogens is 535 g/mol. The largest absolute Gasteiger partial charge is 0.370 e. The molecule has 10 heteroatoms. The van der Waals surface area contributed by atoms with E-state index < -0.39 is 5.91 Å².